The molecular formula is C25H30N4O2. The highest BCUT2D eigenvalue weighted by Gasteiger charge is 2.17. The Labute approximate surface area is 183 Å². The molecule has 0 aliphatic carbocycles. The molecule has 0 fully saturated rings. The van der Waals surface area contributed by atoms with Crippen LogP contribution in [0.3, 0.4) is 0 Å². The molecule has 4 N–H and O–H groups in total. The quantitative estimate of drug-likeness (QED) is 0.464. The van der Waals surface area contributed by atoms with Crippen LogP contribution in [0.1, 0.15) is 24.0 Å². The number of carboxylic acids is 1. The Morgan fingerprint density at radius 2 is 1.87 bits per heavy atom. The summed E-state index contributed by atoms with van der Waals surface area (Å²) in [5.74, 6) is 0.415. The van der Waals surface area contributed by atoms with E-state index in [1.807, 2.05) is 66.7 Å². The van der Waals surface area contributed by atoms with Gasteiger partial charge < -0.3 is 21.1 Å². The second-order valence-electron chi connectivity index (χ2n) is 7.65. The van der Waals surface area contributed by atoms with Gasteiger partial charge in [0, 0.05) is 25.8 Å². The summed E-state index contributed by atoms with van der Waals surface area (Å²) in [4.78, 5) is 15.2. The van der Waals surface area contributed by atoms with Gasteiger partial charge in [-0.25, -0.2) is 4.98 Å². The normalized spacial score (nSPS) is 15.3. The first-order valence-electron chi connectivity index (χ1n) is 10.6. The molecule has 0 amide bonds. The van der Waals surface area contributed by atoms with Crippen molar-refractivity contribution in [1.29, 1.82) is 0 Å². The Hall–Kier alpha value is -3.38. The summed E-state index contributed by atoms with van der Waals surface area (Å²) in [7, 11) is 0. The molecule has 6 heteroatoms. The summed E-state index contributed by atoms with van der Waals surface area (Å²) in [6, 6.07) is 24.1. The second-order valence-corrected chi connectivity index (χ2v) is 7.65. The maximum Gasteiger partial charge on any atom is 0.307 e. The number of hydrogen-bond acceptors (Lipinski definition) is 5. The number of benzene rings is 2. The smallest absolute Gasteiger partial charge is 0.307 e. The third-order valence-electron chi connectivity index (χ3n) is 5.07. The molecule has 2 aromatic carbocycles. The first-order chi connectivity index (χ1) is 15.1. The van der Waals surface area contributed by atoms with E-state index in [1.54, 1.807) is 6.20 Å². The Morgan fingerprint density at radius 3 is 2.58 bits per heavy atom. The number of hydrogen-bond donors (Lipinski definition) is 4. The fourth-order valence-electron chi connectivity index (χ4n) is 3.42. The van der Waals surface area contributed by atoms with Gasteiger partial charge in [0.1, 0.15) is 5.82 Å². The predicted molar refractivity (Wildman–Crippen MR) is 126 cm³/mol. The van der Waals surface area contributed by atoms with E-state index in [1.165, 1.54) is 0 Å². The zero-order chi connectivity index (χ0) is 21.9. The molecule has 2 atom stereocenters. The van der Waals surface area contributed by atoms with Crippen molar-refractivity contribution in [2.24, 2.45) is 0 Å². The van der Waals surface area contributed by atoms with Crippen LogP contribution in [-0.4, -0.2) is 41.7 Å². The molecule has 0 saturated heterocycles. The molecule has 4 rings (SSSR count). The van der Waals surface area contributed by atoms with Crippen molar-refractivity contribution in [2.45, 2.75) is 25.3 Å². The number of nitrogens with one attached hydrogen (secondary N) is 3. The number of aliphatic carboxylic acids is 1. The van der Waals surface area contributed by atoms with Gasteiger partial charge in [0.05, 0.1) is 18.2 Å². The van der Waals surface area contributed by atoms with Gasteiger partial charge in [-0.2, -0.15) is 0 Å². The molecule has 162 valence electrons. The number of carboxylic acid groups (broad SMARTS) is 1. The Kier molecular flexibility index (Phi) is 8.43. The highest BCUT2D eigenvalue weighted by atomic mass is 16.4. The molecule has 3 aromatic rings. The number of anilines is 2. The van der Waals surface area contributed by atoms with Gasteiger partial charge in [-0.05, 0) is 29.2 Å². The first-order valence-corrected chi connectivity index (χ1v) is 10.6. The van der Waals surface area contributed by atoms with Gasteiger partial charge in [-0.3, -0.25) is 4.79 Å². The van der Waals surface area contributed by atoms with Gasteiger partial charge >= 0.3 is 5.97 Å². The highest BCUT2D eigenvalue weighted by Crippen LogP contribution is 2.22. The third kappa shape index (κ3) is 7.42. The number of rotatable bonds is 7. The molecule has 0 saturated carbocycles. The van der Waals surface area contributed by atoms with Crippen LogP contribution in [0.25, 0.3) is 0 Å². The predicted octanol–water partition coefficient (Wildman–Crippen LogP) is 3.99. The molecule has 6 nitrogen and oxygen atoms in total. The average molecular weight is 419 g/mol. The van der Waals surface area contributed by atoms with Crippen molar-refractivity contribution in [2.75, 3.05) is 30.3 Å². The molecule has 2 heterocycles. The summed E-state index contributed by atoms with van der Waals surface area (Å²) >= 11 is 0. The van der Waals surface area contributed by atoms with E-state index >= 15 is 0 Å². The van der Waals surface area contributed by atoms with Crippen LogP contribution >= 0.6 is 0 Å². The lowest BCUT2D eigenvalue weighted by Gasteiger charge is -2.28. The zero-order valence-corrected chi connectivity index (χ0v) is 17.8. The van der Waals surface area contributed by atoms with Crippen LogP contribution in [0.2, 0.25) is 0 Å². The van der Waals surface area contributed by atoms with Gasteiger partial charge in [-0.15, -0.1) is 0 Å². The van der Waals surface area contributed by atoms with E-state index in [2.05, 4.69) is 33.9 Å². The molecular weight excluding hydrogens is 388 g/mol. The van der Waals surface area contributed by atoms with Crippen LogP contribution in [0, 0.1) is 0 Å². The standard InChI is InChI=1S/C19H24N4O2.C6H6/c1-13(15-5-2-4-14(8-15)9-18(24)25)10-20-11-16-12-22-17-6-3-7-21-19(17)23-16;1-2-4-6-5-3-1/h2-8,13,16,20,22H,9-12H2,1H3,(H,21,23)(H,24,25);1-6H. The second kappa shape index (κ2) is 11.7. The number of pyridine rings is 1. The minimum Gasteiger partial charge on any atom is -0.481 e. The third-order valence-corrected chi connectivity index (χ3v) is 5.07. The number of fused-ring (bicyclic) bond motifs is 1. The summed E-state index contributed by atoms with van der Waals surface area (Å²) < 4.78 is 0. The largest absolute Gasteiger partial charge is 0.481 e. The molecule has 31 heavy (non-hydrogen) atoms. The van der Waals surface area contributed by atoms with Crippen molar-refractivity contribution in [3.8, 4) is 0 Å². The topological polar surface area (TPSA) is 86.3 Å². The van der Waals surface area contributed by atoms with Crippen LogP contribution in [0.5, 0.6) is 0 Å². The number of nitrogens with zero attached hydrogens (tertiary/aromatic N) is 1. The van der Waals surface area contributed by atoms with E-state index < -0.39 is 5.97 Å². The number of carbonyl (C=O) groups is 1. The van der Waals surface area contributed by atoms with Crippen LogP contribution in [0.4, 0.5) is 11.5 Å². The zero-order valence-electron chi connectivity index (χ0n) is 17.8. The Morgan fingerprint density at radius 1 is 1.13 bits per heavy atom. The summed E-state index contributed by atoms with van der Waals surface area (Å²) in [6.45, 7) is 4.68. The van der Waals surface area contributed by atoms with Crippen LogP contribution in [-0.2, 0) is 11.2 Å². The summed E-state index contributed by atoms with van der Waals surface area (Å²) in [5.41, 5.74) is 3.05. The lowest BCUT2D eigenvalue weighted by Crippen LogP contribution is -2.42. The maximum atomic E-state index is 10.9. The van der Waals surface area contributed by atoms with E-state index in [4.69, 9.17) is 5.11 Å². The van der Waals surface area contributed by atoms with Crippen LogP contribution < -0.4 is 16.0 Å². The molecule has 0 bridgehead atoms. The van der Waals surface area contributed by atoms with Crippen molar-refractivity contribution in [1.82, 2.24) is 10.3 Å². The first kappa shape index (κ1) is 22.3. The summed E-state index contributed by atoms with van der Waals surface area (Å²) in [5, 5.41) is 19.2. The van der Waals surface area contributed by atoms with Gasteiger partial charge in [0.25, 0.3) is 0 Å². The lowest BCUT2D eigenvalue weighted by molar-refractivity contribution is -0.136. The van der Waals surface area contributed by atoms with Crippen molar-refractivity contribution in [3.05, 3.63) is 90.1 Å². The van der Waals surface area contributed by atoms with Crippen molar-refractivity contribution >= 4 is 17.5 Å². The van der Waals surface area contributed by atoms with E-state index in [0.717, 1.165) is 42.3 Å². The SMILES string of the molecule is CC(CNCC1CNc2cccnc2N1)c1cccc(CC(=O)O)c1.c1ccccc1. The van der Waals surface area contributed by atoms with Crippen molar-refractivity contribution in [3.63, 3.8) is 0 Å². The fraction of sp³-hybridized carbons (Fsp3) is 0.280. The molecule has 1 aromatic heterocycles. The van der Waals surface area contributed by atoms with E-state index in [-0.39, 0.29) is 12.5 Å². The Bertz CT molecular complexity index is 922. The van der Waals surface area contributed by atoms with Gasteiger partial charge in [-0.1, -0.05) is 67.6 Å². The maximum absolute atomic E-state index is 10.9. The van der Waals surface area contributed by atoms with E-state index in [9.17, 15) is 4.79 Å². The average Bonchev–Trinajstić information content (AvgIpc) is 2.80. The van der Waals surface area contributed by atoms with Crippen molar-refractivity contribution < 1.29 is 9.90 Å². The minimum absolute atomic E-state index is 0.0675. The number of aromatic nitrogens is 1. The highest BCUT2D eigenvalue weighted by molar-refractivity contribution is 5.70. The molecule has 0 radical (unpaired) electrons. The molecule has 2 unspecified atom stereocenters. The monoisotopic (exact) mass is 418 g/mol. The minimum atomic E-state index is -0.798. The van der Waals surface area contributed by atoms with Crippen LogP contribution in [0.15, 0.2) is 79.0 Å². The summed E-state index contributed by atoms with van der Waals surface area (Å²) in [6.07, 6.45) is 1.85. The van der Waals surface area contributed by atoms with Gasteiger partial charge in [0.15, 0.2) is 0 Å². The molecule has 1 aliphatic heterocycles. The fourth-order valence-corrected chi connectivity index (χ4v) is 3.42. The van der Waals surface area contributed by atoms with E-state index in [0.29, 0.717) is 5.92 Å². The van der Waals surface area contributed by atoms with Gasteiger partial charge in [0.2, 0.25) is 0 Å². The molecule has 1 aliphatic rings. The molecule has 0 spiro atoms. The Balaban J connectivity index is 0.000000391. The lowest BCUT2D eigenvalue weighted by atomic mass is 9.98.